The molecule has 0 saturated carbocycles. The van der Waals surface area contributed by atoms with Gasteiger partial charge in [-0.2, -0.15) is 0 Å². The highest BCUT2D eigenvalue weighted by Crippen LogP contribution is 2.23. The van der Waals surface area contributed by atoms with Crippen LogP contribution in [0.15, 0.2) is 0 Å². The number of thioether (sulfide) groups is 1. The highest BCUT2D eigenvalue weighted by Gasteiger charge is 2.30. The van der Waals surface area contributed by atoms with Crippen LogP contribution in [-0.4, -0.2) is 54.0 Å². The van der Waals surface area contributed by atoms with Crippen molar-refractivity contribution in [3.63, 3.8) is 0 Å². The minimum atomic E-state index is 0.0685. The summed E-state index contributed by atoms with van der Waals surface area (Å²) in [5.41, 5.74) is 5.28. The molecule has 0 aromatic rings. The lowest BCUT2D eigenvalue weighted by Crippen LogP contribution is -2.30. The molecule has 0 radical (unpaired) electrons. The zero-order valence-electron chi connectivity index (χ0n) is 9.48. The van der Waals surface area contributed by atoms with Crippen LogP contribution in [0.25, 0.3) is 0 Å². The molecule has 6 heteroatoms. The van der Waals surface area contributed by atoms with Gasteiger partial charge in [-0.05, 0) is 0 Å². The van der Waals surface area contributed by atoms with Crippen LogP contribution < -0.4 is 5.73 Å². The summed E-state index contributed by atoms with van der Waals surface area (Å²) in [4.78, 5) is 24.2. The van der Waals surface area contributed by atoms with Gasteiger partial charge in [0.15, 0.2) is 5.12 Å². The normalized spacial score (nSPS) is 20.5. The first kappa shape index (κ1) is 13.5. The van der Waals surface area contributed by atoms with Crippen LogP contribution >= 0.6 is 11.8 Å². The molecule has 0 aromatic carbocycles. The summed E-state index contributed by atoms with van der Waals surface area (Å²) in [5, 5.41) is 0.179. The van der Waals surface area contributed by atoms with Crippen molar-refractivity contribution in [1.82, 2.24) is 4.90 Å². The summed E-state index contributed by atoms with van der Waals surface area (Å²) < 4.78 is 5.22. The van der Waals surface area contributed by atoms with Crippen LogP contribution in [-0.2, 0) is 14.3 Å². The number of nitrogens with zero attached hydrogens (tertiary/aromatic N) is 1. The largest absolute Gasteiger partial charge is 0.378 e. The van der Waals surface area contributed by atoms with Crippen molar-refractivity contribution in [2.45, 2.75) is 18.6 Å². The lowest BCUT2D eigenvalue weighted by molar-refractivity contribution is -0.128. The average Bonchev–Trinajstić information content (AvgIpc) is 2.53. The molecule has 5 nitrogen and oxygen atoms in total. The van der Waals surface area contributed by atoms with E-state index >= 15 is 0 Å². The summed E-state index contributed by atoms with van der Waals surface area (Å²) in [5.74, 6) is 0.107. The fourth-order valence-electron chi connectivity index (χ4n) is 1.63. The van der Waals surface area contributed by atoms with Gasteiger partial charge in [0.25, 0.3) is 0 Å². The van der Waals surface area contributed by atoms with Crippen molar-refractivity contribution in [1.29, 1.82) is 0 Å². The van der Waals surface area contributed by atoms with Crippen LogP contribution in [0.1, 0.15) is 13.3 Å². The van der Waals surface area contributed by atoms with Crippen LogP contribution in [0.2, 0.25) is 0 Å². The molecule has 1 heterocycles. The maximum Gasteiger partial charge on any atom is 0.223 e. The van der Waals surface area contributed by atoms with E-state index in [1.54, 1.807) is 4.90 Å². The highest BCUT2D eigenvalue weighted by atomic mass is 32.2. The SMILES string of the molecule is CC(=O)SC1CC(=O)N(CCOCCN)C1. The maximum atomic E-state index is 11.6. The number of hydrogen-bond donors (Lipinski definition) is 1. The molecule has 1 fully saturated rings. The Kier molecular flexibility index (Phi) is 5.79. The number of hydrogen-bond acceptors (Lipinski definition) is 5. The molecule has 16 heavy (non-hydrogen) atoms. The molecule has 0 bridgehead atoms. The monoisotopic (exact) mass is 246 g/mol. The molecule has 1 atom stereocenters. The third kappa shape index (κ3) is 4.51. The predicted octanol–water partition coefficient (Wildman–Crippen LogP) is -0.158. The standard InChI is InChI=1S/C10H18N2O3S/c1-8(13)16-9-6-10(14)12(7-9)3-5-15-4-2-11/h9H,2-7,11H2,1H3. The first-order valence-corrected chi connectivity index (χ1v) is 6.24. The van der Waals surface area contributed by atoms with Crippen LogP contribution in [0.4, 0.5) is 0 Å². The van der Waals surface area contributed by atoms with Gasteiger partial charge < -0.3 is 15.4 Å². The minimum absolute atomic E-state index is 0.0685. The molecule has 1 saturated heterocycles. The van der Waals surface area contributed by atoms with Crippen molar-refractivity contribution < 1.29 is 14.3 Å². The fourth-order valence-corrected chi connectivity index (χ4v) is 2.58. The van der Waals surface area contributed by atoms with Crippen molar-refractivity contribution in [3.05, 3.63) is 0 Å². The van der Waals surface area contributed by atoms with Crippen LogP contribution in [0, 0.1) is 0 Å². The molecular formula is C10H18N2O3S. The Hall–Kier alpha value is -0.590. The van der Waals surface area contributed by atoms with Gasteiger partial charge in [0.2, 0.25) is 5.91 Å². The van der Waals surface area contributed by atoms with E-state index in [0.717, 1.165) is 0 Å². The third-order valence-electron chi connectivity index (χ3n) is 2.28. The number of ether oxygens (including phenoxy) is 1. The van der Waals surface area contributed by atoms with Crippen molar-refractivity contribution in [2.75, 3.05) is 32.8 Å². The zero-order valence-corrected chi connectivity index (χ0v) is 10.3. The Morgan fingerprint density at radius 1 is 1.62 bits per heavy atom. The smallest absolute Gasteiger partial charge is 0.223 e. The van der Waals surface area contributed by atoms with E-state index in [0.29, 0.717) is 39.3 Å². The van der Waals surface area contributed by atoms with Crippen molar-refractivity contribution in [2.24, 2.45) is 5.73 Å². The zero-order chi connectivity index (χ0) is 12.0. The van der Waals surface area contributed by atoms with E-state index in [2.05, 4.69) is 0 Å². The lowest BCUT2D eigenvalue weighted by Gasteiger charge is -2.15. The van der Waals surface area contributed by atoms with E-state index < -0.39 is 0 Å². The lowest BCUT2D eigenvalue weighted by atomic mass is 10.4. The molecule has 1 unspecified atom stereocenters. The second kappa shape index (κ2) is 6.88. The Labute approximate surface area is 99.7 Å². The van der Waals surface area contributed by atoms with Gasteiger partial charge in [-0.3, -0.25) is 9.59 Å². The summed E-state index contributed by atoms with van der Waals surface area (Å²) in [6.45, 7) is 4.30. The summed E-state index contributed by atoms with van der Waals surface area (Å²) >= 11 is 1.25. The Balaban J connectivity index is 2.23. The maximum absolute atomic E-state index is 11.6. The van der Waals surface area contributed by atoms with E-state index in [-0.39, 0.29) is 16.3 Å². The average molecular weight is 246 g/mol. The summed E-state index contributed by atoms with van der Waals surface area (Å²) in [7, 11) is 0. The second-order valence-corrected chi connectivity index (χ2v) is 5.15. The van der Waals surface area contributed by atoms with Gasteiger partial charge in [-0.25, -0.2) is 0 Å². The Morgan fingerprint density at radius 2 is 2.38 bits per heavy atom. The van der Waals surface area contributed by atoms with Crippen LogP contribution in [0.5, 0.6) is 0 Å². The highest BCUT2D eigenvalue weighted by molar-refractivity contribution is 8.14. The molecule has 0 aromatic heterocycles. The van der Waals surface area contributed by atoms with E-state index in [1.165, 1.54) is 18.7 Å². The third-order valence-corrected chi connectivity index (χ3v) is 3.26. The molecule has 92 valence electrons. The predicted molar refractivity (Wildman–Crippen MR) is 63.1 cm³/mol. The van der Waals surface area contributed by atoms with Crippen molar-refractivity contribution in [3.8, 4) is 0 Å². The topological polar surface area (TPSA) is 72.6 Å². The first-order chi connectivity index (χ1) is 7.63. The number of amides is 1. The summed E-state index contributed by atoms with van der Waals surface area (Å²) in [6, 6.07) is 0. The molecule has 0 aliphatic carbocycles. The summed E-state index contributed by atoms with van der Waals surface area (Å²) in [6.07, 6.45) is 0.459. The van der Waals surface area contributed by atoms with Gasteiger partial charge >= 0.3 is 0 Å². The molecule has 1 rings (SSSR count). The van der Waals surface area contributed by atoms with Gasteiger partial charge in [-0.15, -0.1) is 0 Å². The number of carbonyl (C=O) groups is 2. The number of rotatable bonds is 6. The molecular weight excluding hydrogens is 228 g/mol. The number of nitrogens with two attached hydrogens (primary N) is 1. The molecule has 0 spiro atoms. The minimum Gasteiger partial charge on any atom is -0.378 e. The Bertz CT molecular complexity index is 260. The van der Waals surface area contributed by atoms with Crippen molar-refractivity contribution >= 4 is 22.8 Å². The van der Waals surface area contributed by atoms with Gasteiger partial charge in [0, 0.05) is 38.2 Å². The first-order valence-electron chi connectivity index (χ1n) is 5.36. The van der Waals surface area contributed by atoms with Gasteiger partial charge in [-0.1, -0.05) is 11.8 Å². The van der Waals surface area contributed by atoms with Crippen LogP contribution in [0.3, 0.4) is 0 Å². The molecule has 1 aliphatic rings. The Morgan fingerprint density at radius 3 is 3.00 bits per heavy atom. The van der Waals surface area contributed by atoms with E-state index in [4.69, 9.17) is 10.5 Å². The fraction of sp³-hybridized carbons (Fsp3) is 0.800. The molecule has 1 amide bonds. The second-order valence-electron chi connectivity index (χ2n) is 3.68. The number of carbonyl (C=O) groups excluding carboxylic acids is 2. The van der Waals surface area contributed by atoms with E-state index in [1.807, 2.05) is 0 Å². The quantitative estimate of drug-likeness (QED) is 0.659. The van der Waals surface area contributed by atoms with Gasteiger partial charge in [0.1, 0.15) is 0 Å². The van der Waals surface area contributed by atoms with E-state index in [9.17, 15) is 9.59 Å². The number of likely N-dealkylation sites (tertiary alicyclic amines) is 1. The molecule has 1 aliphatic heterocycles. The molecule has 2 N–H and O–H groups in total. The van der Waals surface area contributed by atoms with Gasteiger partial charge in [0.05, 0.1) is 13.2 Å².